The molecule has 4 heteroatoms. The van der Waals surface area contributed by atoms with E-state index in [1.165, 1.54) is 6.42 Å². The van der Waals surface area contributed by atoms with Crippen molar-refractivity contribution in [1.82, 2.24) is 14.5 Å². The van der Waals surface area contributed by atoms with Gasteiger partial charge in [0.25, 0.3) is 0 Å². The van der Waals surface area contributed by atoms with Crippen LogP contribution in [0.25, 0.3) is 0 Å². The molecule has 18 heavy (non-hydrogen) atoms. The Labute approximate surface area is 108 Å². The van der Waals surface area contributed by atoms with Crippen molar-refractivity contribution in [2.45, 2.75) is 40.2 Å². The summed E-state index contributed by atoms with van der Waals surface area (Å²) in [5, 5.41) is 3.36. The second-order valence-corrected chi connectivity index (χ2v) is 4.51. The number of aryl methyl sites for hydroxylation is 3. The molecule has 0 saturated heterocycles. The fourth-order valence-corrected chi connectivity index (χ4v) is 1.88. The normalized spacial score (nSPS) is 10.6. The molecule has 0 spiro atoms. The molecule has 0 aliphatic rings. The Morgan fingerprint density at radius 3 is 2.89 bits per heavy atom. The second kappa shape index (κ2) is 5.67. The summed E-state index contributed by atoms with van der Waals surface area (Å²) in [5.74, 6) is 0.900. The van der Waals surface area contributed by atoms with E-state index >= 15 is 0 Å². The number of nitrogens with zero attached hydrogens (tertiary/aromatic N) is 3. The van der Waals surface area contributed by atoms with Gasteiger partial charge >= 0.3 is 0 Å². The van der Waals surface area contributed by atoms with E-state index in [1.807, 2.05) is 26.0 Å². The molecular weight excluding hydrogens is 224 g/mol. The smallest absolute Gasteiger partial charge is 0.207 e. The first-order chi connectivity index (χ1) is 8.70. The molecule has 0 aliphatic heterocycles. The van der Waals surface area contributed by atoms with Crippen LogP contribution < -0.4 is 5.32 Å². The summed E-state index contributed by atoms with van der Waals surface area (Å²) in [5.41, 5.74) is 3.04. The van der Waals surface area contributed by atoms with Gasteiger partial charge in [-0.05, 0) is 32.4 Å². The first kappa shape index (κ1) is 12.6. The third-order valence-corrected chi connectivity index (χ3v) is 2.90. The first-order valence-corrected chi connectivity index (χ1v) is 6.43. The first-order valence-electron chi connectivity index (χ1n) is 6.43. The average Bonchev–Trinajstić information content (AvgIpc) is 2.70. The van der Waals surface area contributed by atoms with Gasteiger partial charge in [0.2, 0.25) is 5.95 Å². The molecule has 0 amide bonds. The van der Waals surface area contributed by atoms with Crippen LogP contribution in [0, 0.1) is 13.8 Å². The summed E-state index contributed by atoms with van der Waals surface area (Å²) in [7, 11) is 0. The van der Waals surface area contributed by atoms with Crippen molar-refractivity contribution in [3.8, 4) is 0 Å². The van der Waals surface area contributed by atoms with Crippen LogP contribution in [0.5, 0.6) is 0 Å². The third-order valence-electron chi connectivity index (χ3n) is 2.90. The maximum atomic E-state index is 4.52. The lowest BCUT2D eigenvalue weighted by Crippen LogP contribution is -2.04. The number of nitrogens with one attached hydrogen (secondary N) is 1. The van der Waals surface area contributed by atoms with Gasteiger partial charge in [-0.15, -0.1) is 0 Å². The van der Waals surface area contributed by atoms with Crippen LogP contribution in [-0.4, -0.2) is 14.5 Å². The molecule has 0 saturated carbocycles. The van der Waals surface area contributed by atoms with Crippen LogP contribution in [0.15, 0.2) is 24.5 Å². The number of aromatic nitrogens is 3. The summed E-state index contributed by atoms with van der Waals surface area (Å²) >= 11 is 0. The molecule has 0 atom stereocenters. The Morgan fingerprint density at radius 1 is 1.33 bits per heavy atom. The summed E-state index contributed by atoms with van der Waals surface area (Å²) in [6.07, 6.45) is 6.23. The number of hydrogen-bond donors (Lipinski definition) is 1. The Balaban J connectivity index is 2.20. The maximum absolute atomic E-state index is 4.52. The Hall–Kier alpha value is -1.84. The lowest BCUT2D eigenvalue weighted by Gasteiger charge is -2.10. The molecule has 0 radical (unpaired) electrons. The molecule has 0 aliphatic carbocycles. The van der Waals surface area contributed by atoms with Gasteiger partial charge in [-0.1, -0.05) is 13.3 Å². The predicted octanol–water partition coefficient (Wildman–Crippen LogP) is 3.44. The van der Waals surface area contributed by atoms with Crippen LogP contribution in [0.2, 0.25) is 0 Å². The van der Waals surface area contributed by atoms with Crippen molar-refractivity contribution in [2.24, 2.45) is 0 Å². The number of unbranched alkanes of at least 4 members (excludes halogenated alkanes) is 1. The number of anilines is 2. The zero-order valence-corrected chi connectivity index (χ0v) is 11.3. The van der Waals surface area contributed by atoms with Crippen molar-refractivity contribution in [3.05, 3.63) is 35.9 Å². The summed E-state index contributed by atoms with van der Waals surface area (Å²) in [6, 6.07) is 3.96. The van der Waals surface area contributed by atoms with E-state index in [9.17, 15) is 0 Å². The van der Waals surface area contributed by atoms with Crippen molar-refractivity contribution >= 4 is 11.6 Å². The van der Waals surface area contributed by atoms with Gasteiger partial charge in [-0.25, -0.2) is 4.98 Å². The molecule has 2 heterocycles. The molecule has 2 rings (SSSR count). The van der Waals surface area contributed by atoms with Crippen molar-refractivity contribution < 1.29 is 0 Å². The van der Waals surface area contributed by atoms with Crippen molar-refractivity contribution in [2.75, 3.05) is 5.32 Å². The molecule has 0 unspecified atom stereocenters. The fraction of sp³-hybridized carbons (Fsp3) is 0.429. The SMILES string of the molecule is CCCCn1cc(C)nc1Nc1cccnc1C. The number of pyridine rings is 1. The van der Waals surface area contributed by atoms with Gasteiger partial charge in [0.15, 0.2) is 0 Å². The van der Waals surface area contributed by atoms with E-state index in [2.05, 4.69) is 33.0 Å². The number of hydrogen-bond acceptors (Lipinski definition) is 3. The van der Waals surface area contributed by atoms with Gasteiger partial charge in [0, 0.05) is 18.9 Å². The van der Waals surface area contributed by atoms with Gasteiger partial charge in [0.05, 0.1) is 17.1 Å². The van der Waals surface area contributed by atoms with Crippen LogP contribution in [0.4, 0.5) is 11.6 Å². The van der Waals surface area contributed by atoms with Crippen molar-refractivity contribution in [1.29, 1.82) is 0 Å². The topological polar surface area (TPSA) is 42.7 Å². The Bertz CT molecular complexity index is 516. The highest BCUT2D eigenvalue weighted by Gasteiger charge is 2.07. The monoisotopic (exact) mass is 244 g/mol. The van der Waals surface area contributed by atoms with Crippen LogP contribution in [0.1, 0.15) is 31.2 Å². The highest BCUT2D eigenvalue weighted by Crippen LogP contribution is 2.18. The lowest BCUT2D eigenvalue weighted by molar-refractivity contribution is 0.637. The van der Waals surface area contributed by atoms with E-state index in [4.69, 9.17) is 0 Å². The molecule has 0 fully saturated rings. The van der Waals surface area contributed by atoms with Gasteiger partial charge in [-0.3, -0.25) is 4.98 Å². The minimum absolute atomic E-state index is 0.900. The maximum Gasteiger partial charge on any atom is 0.207 e. The van der Waals surface area contributed by atoms with Crippen molar-refractivity contribution in [3.63, 3.8) is 0 Å². The van der Waals surface area contributed by atoms with Crippen LogP contribution >= 0.6 is 0 Å². The largest absolute Gasteiger partial charge is 0.324 e. The molecule has 4 nitrogen and oxygen atoms in total. The van der Waals surface area contributed by atoms with E-state index in [0.717, 1.165) is 36.0 Å². The number of rotatable bonds is 5. The van der Waals surface area contributed by atoms with Crippen LogP contribution in [-0.2, 0) is 6.54 Å². The molecule has 0 aromatic carbocycles. The summed E-state index contributed by atoms with van der Waals surface area (Å²) < 4.78 is 2.17. The zero-order chi connectivity index (χ0) is 13.0. The van der Waals surface area contributed by atoms with Gasteiger partial charge < -0.3 is 9.88 Å². The fourth-order valence-electron chi connectivity index (χ4n) is 1.88. The highest BCUT2D eigenvalue weighted by molar-refractivity contribution is 5.56. The minimum Gasteiger partial charge on any atom is -0.324 e. The Morgan fingerprint density at radius 2 is 2.17 bits per heavy atom. The molecule has 2 aromatic heterocycles. The molecule has 0 bridgehead atoms. The minimum atomic E-state index is 0.900. The average molecular weight is 244 g/mol. The second-order valence-electron chi connectivity index (χ2n) is 4.51. The summed E-state index contributed by atoms with van der Waals surface area (Å²) in [6.45, 7) is 7.21. The zero-order valence-electron chi connectivity index (χ0n) is 11.3. The molecule has 96 valence electrons. The molecule has 2 aromatic rings. The van der Waals surface area contributed by atoms with E-state index in [-0.39, 0.29) is 0 Å². The van der Waals surface area contributed by atoms with Crippen LogP contribution in [0.3, 0.4) is 0 Å². The molecule has 1 N–H and O–H groups in total. The lowest BCUT2D eigenvalue weighted by atomic mass is 10.3. The van der Waals surface area contributed by atoms with E-state index < -0.39 is 0 Å². The standard InChI is InChI=1S/C14H20N4/c1-4-5-9-18-10-11(2)16-14(18)17-13-7-6-8-15-12(13)3/h6-8,10H,4-5,9H2,1-3H3,(H,16,17). The van der Waals surface area contributed by atoms with Gasteiger partial charge in [-0.2, -0.15) is 0 Å². The third kappa shape index (κ3) is 2.88. The highest BCUT2D eigenvalue weighted by atomic mass is 15.2. The molecular formula is C14H20N4. The number of imidazole rings is 1. The van der Waals surface area contributed by atoms with E-state index in [1.54, 1.807) is 6.20 Å². The predicted molar refractivity (Wildman–Crippen MR) is 74.1 cm³/mol. The summed E-state index contributed by atoms with van der Waals surface area (Å²) in [4.78, 5) is 8.80. The Kier molecular flexibility index (Phi) is 3.97. The van der Waals surface area contributed by atoms with Gasteiger partial charge in [0.1, 0.15) is 0 Å². The van der Waals surface area contributed by atoms with E-state index in [0.29, 0.717) is 0 Å². The quantitative estimate of drug-likeness (QED) is 0.876.